The molecule has 2 aromatic carbocycles. The molecule has 1 aliphatic carbocycles. The van der Waals surface area contributed by atoms with Gasteiger partial charge in [0.1, 0.15) is 0 Å². The number of nitrogens with one attached hydrogen (secondary N) is 3. The normalized spacial score (nSPS) is 13.0. The zero-order valence-corrected chi connectivity index (χ0v) is 14.7. The largest absolute Gasteiger partial charge is 0.326 e. The minimum Gasteiger partial charge on any atom is -0.326 e. The lowest BCUT2D eigenvalue weighted by molar-refractivity contribution is -0.121. The van der Waals surface area contributed by atoms with Gasteiger partial charge in [-0.25, -0.2) is 0 Å². The summed E-state index contributed by atoms with van der Waals surface area (Å²) >= 11 is 5.80. The highest BCUT2D eigenvalue weighted by Crippen LogP contribution is 2.30. The van der Waals surface area contributed by atoms with Gasteiger partial charge in [-0.1, -0.05) is 29.8 Å². The van der Waals surface area contributed by atoms with E-state index in [2.05, 4.69) is 16.2 Å². The van der Waals surface area contributed by atoms with Crippen molar-refractivity contribution in [1.82, 2.24) is 10.9 Å². The number of carbonyl (C=O) groups excluding carboxylic acids is 3. The van der Waals surface area contributed by atoms with Gasteiger partial charge in [0.15, 0.2) is 0 Å². The van der Waals surface area contributed by atoms with E-state index >= 15 is 0 Å². The summed E-state index contributed by atoms with van der Waals surface area (Å²) in [6, 6.07) is 13.5. The molecular weight excluding hydrogens is 354 g/mol. The summed E-state index contributed by atoms with van der Waals surface area (Å²) in [4.78, 5) is 35.9. The summed E-state index contributed by atoms with van der Waals surface area (Å²) in [6.45, 7) is 0. The van der Waals surface area contributed by atoms with E-state index < -0.39 is 5.91 Å². The van der Waals surface area contributed by atoms with E-state index in [-0.39, 0.29) is 24.2 Å². The molecule has 0 atom stereocenters. The van der Waals surface area contributed by atoms with Crippen molar-refractivity contribution in [3.05, 3.63) is 64.7 Å². The Hall–Kier alpha value is -2.86. The molecule has 0 aromatic heterocycles. The van der Waals surface area contributed by atoms with Crippen LogP contribution in [0.5, 0.6) is 0 Å². The Labute approximate surface area is 155 Å². The number of benzene rings is 2. The first-order valence-electron chi connectivity index (χ1n) is 8.26. The van der Waals surface area contributed by atoms with Crippen LogP contribution in [0.25, 0.3) is 0 Å². The van der Waals surface area contributed by atoms with E-state index in [1.807, 2.05) is 0 Å². The highest BCUT2D eigenvalue weighted by Gasteiger charge is 2.29. The zero-order chi connectivity index (χ0) is 18.5. The van der Waals surface area contributed by atoms with Gasteiger partial charge in [0.2, 0.25) is 11.8 Å². The average molecular weight is 372 g/mol. The van der Waals surface area contributed by atoms with Crippen LogP contribution in [-0.4, -0.2) is 17.7 Å². The molecule has 1 saturated carbocycles. The second-order valence-electron chi connectivity index (χ2n) is 6.15. The molecule has 0 unspecified atom stereocenters. The van der Waals surface area contributed by atoms with Gasteiger partial charge in [-0.2, -0.15) is 0 Å². The lowest BCUT2D eigenvalue weighted by Crippen LogP contribution is -2.42. The van der Waals surface area contributed by atoms with Crippen molar-refractivity contribution < 1.29 is 14.4 Å². The van der Waals surface area contributed by atoms with Gasteiger partial charge in [0.05, 0.1) is 6.42 Å². The van der Waals surface area contributed by atoms with Crippen LogP contribution >= 0.6 is 11.6 Å². The second-order valence-corrected chi connectivity index (χ2v) is 6.59. The Bertz CT molecular complexity index is 832. The first kappa shape index (κ1) is 17.9. The van der Waals surface area contributed by atoms with Gasteiger partial charge >= 0.3 is 0 Å². The molecule has 0 aliphatic heterocycles. The number of hydrogen-bond donors (Lipinski definition) is 3. The van der Waals surface area contributed by atoms with Crippen LogP contribution in [0, 0.1) is 5.92 Å². The van der Waals surface area contributed by atoms with Crippen molar-refractivity contribution in [3.63, 3.8) is 0 Å². The lowest BCUT2D eigenvalue weighted by atomic mass is 10.1. The van der Waals surface area contributed by atoms with Gasteiger partial charge < -0.3 is 5.32 Å². The fourth-order valence-electron chi connectivity index (χ4n) is 2.36. The van der Waals surface area contributed by atoms with Crippen LogP contribution in [0.3, 0.4) is 0 Å². The number of rotatable bonds is 5. The van der Waals surface area contributed by atoms with Gasteiger partial charge in [-0.05, 0) is 48.7 Å². The Balaban J connectivity index is 1.51. The van der Waals surface area contributed by atoms with E-state index in [0.29, 0.717) is 16.3 Å². The third-order valence-electron chi connectivity index (χ3n) is 3.93. The molecule has 0 heterocycles. The van der Waals surface area contributed by atoms with Crippen molar-refractivity contribution in [3.8, 4) is 0 Å². The quantitative estimate of drug-likeness (QED) is 0.706. The van der Waals surface area contributed by atoms with Crippen molar-refractivity contribution in [2.24, 2.45) is 5.92 Å². The summed E-state index contributed by atoms with van der Waals surface area (Å²) in [5.41, 5.74) is 6.42. The Morgan fingerprint density at radius 1 is 1.00 bits per heavy atom. The molecule has 0 radical (unpaired) electrons. The molecule has 1 fully saturated rings. The third kappa shape index (κ3) is 5.07. The topological polar surface area (TPSA) is 87.3 Å². The monoisotopic (exact) mass is 371 g/mol. The highest BCUT2D eigenvalue weighted by molar-refractivity contribution is 6.30. The number of halogens is 1. The van der Waals surface area contributed by atoms with E-state index in [1.54, 1.807) is 48.5 Å². The maximum Gasteiger partial charge on any atom is 0.269 e. The van der Waals surface area contributed by atoms with Gasteiger partial charge in [0, 0.05) is 22.2 Å². The fourth-order valence-corrected chi connectivity index (χ4v) is 2.48. The SMILES string of the molecule is O=C(Cc1ccc(Cl)cc1)NNC(=O)c1cccc(NC(=O)C2CC2)c1. The summed E-state index contributed by atoms with van der Waals surface area (Å²) in [7, 11) is 0. The maximum absolute atomic E-state index is 12.2. The number of hydrazine groups is 1. The van der Waals surface area contributed by atoms with Crippen LogP contribution < -0.4 is 16.2 Å². The molecule has 1 aliphatic rings. The predicted octanol–water partition coefficient (Wildman–Crippen LogP) is 2.69. The number of amides is 3. The molecule has 0 bridgehead atoms. The van der Waals surface area contributed by atoms with Crippen LogP contribution in [0.2, 0.25) is 5.02 Å². The van der Waals surface area contributed by atoms with Crippen molar-refractivity contribution in [2.45, 2.75) is 19.3 Å². The molecule has 6 nitrogen and oxygen atoms in total. The third-order valence-corrected chi connectivity index (χ3v) is 4.19. The molecule has 3 rings (SSSR count). The van der Waals surface area contributed by atoms with E-state index in [1.165, 1.54) is 0 Å². The predicted molar refractivity (Wildman–Crippen MR) is 98.6 cm³/mol. The Kier molecular flexibility index (Phi) is 5.53. The molecule has 3 N–H and O–H groups in total. The molecular formula is C19H18ClN3O3. The molecule has 26 heavy (non-hydrogen) atoms. The van der Waals surface area contributed by atoms with Crippen LogP contribution in [0.1, 0.15) is 28.8 Å². The summed E-state index contributed by atoms with van der Waals surface area (Å²) < 4.78 is 0. The van der Waals surface area contributed by atoms with Crippen molar-refractivity contribution in [1.29, 1.82) is 0 Å². The summed E-state index contributed by atoms with van der Waals surface area (Å²) in [6.07, 6.45) is 1.94. The van der Waals surface area contributed by atoms with E-state index in [4.69, 9.17) is 11.6 Å². The summed E-state index contributed by atoms with van der Waals surface area (Å²) in [5.74, 6) is -0.755. The van der Waals surface area contributed by atoms with E-state index in [0.717, 1.165) is 18.4 Å². The average Bonchev–Trinajstić information content (AvgIpc) is 3.47. The van der Waals surface area contributed by atoms with Gasteiger partial charge in [-0.3, -0.25) is 25.2 Å². The van der Waals surface area contributed by atoms with Crippen molar-refractivity contribution >= 4 is 35.0 Å². The number of hydrogen-bond acceptors (Lipinski definition) is 3. The smallest absolute Gasteiger partial charge is 0.269 e. The fraction of sp³-hybridized carbons (Fsp3) is 0.211. The summed E-state index contributed by atoms with van der Waals surface area (Å²) in [5, 5.41) is 3.38. The lowest BCUT2D eigenvalue weighted by Gasteiger charge is -2.09. The first-order valence-corrected chi connectivity index (χ1v) is 8.63. The molecule has 2 aromatic rings. The zero-order valence-electron chi connectivity index (χ0n) is 13.9. The van der Waals surface area contributed by atoms with Crippen LogP contribution in [0.4, 0.5) is 5.69 Å². The van der Waals surface area contributed by atoms with Gasteiger partial charge in [0.25, 0.3) is 5.91 Å². The minimum absolute atomic E-state index is 0.0289. The Morgan fingerprint density at radius 3 is 2.42 bits per heavy atom. The van der Waals surface area contributed by atoms with Crippen LogP contribution in [0.15, 0.2) is 48.5 Å². The number of carbonyl (C=O) groups is 3. The molecule has 0 saturated heterocycles. The first-order chi connectivity index (χ1) is 12.5. The standard InChI is InChI=1S/C19H18ClN3O3/c20-15-8-4-12(5-9-15)10-17(24)22-23-19(26)14-2-1-3-16(11-14)21-18(25)13-6-7-13/h1-5,8-9,11,13H,6-7,10H2,(H,21,25)(H,22,24)(H,23,26). The molecule has 134 valence electrons. The minimum atomic E-state index is -0.461. The van der Waals surface area contributed by atoms with Gasteiger partial charge in [-0.15, -0.1) is 0 Å². The van der Waals surface area contributed by atoms with Crippen LogP contribution in [-0.2, 0) is 16.0 Å². The second kappa shape index (κ2) is 8.01. The number of anilines is 1. The molecule has 0 spiro atoms. The van der Waals surface area contributed by atoms with Crippen molar-refractivity contribution in [2.75, 3.05) is 5.32 Å². The van der Waals surface area contributed by atoms with E-state index in [9.17, 15) is 14.4 Å². The maximum atomic E-state index is 12.2. The highest BCUT2D eigenvalue weighted by atomic mass is 35.5. The molecule has 3 amide bonds. The molecule has 7 heteroatoms. The Morgan fingerprint density at radius 2 is 1.73 bits per heavy atom.